The summed E-state index contributed by atoms with van der Waals surface area (Å²) in [5.74, 6) is 1.14. The van der Waals surface area contributed by atoms with Crippen LogP contribution in [0.1, 0.15) is 23.3 Å². The van der Waals surface area contributed by atoms with Gasteiger partial charge in [-0.15, -0.1) is 11.8 Å². The number of furan rings is 1. The molecule has 3 aliphatic rings. The predicted octanol–water partition coefficient (Wildman–Crippen LogP) is 2.28. The van der Waals surface area contributed by atoms with Crippen molar-refractivity contribution in [3.63, 3.8) is 0 Å². The lowest BCUT2D eigenvalue weighted by atomic mass is 10.1. The maximum Gasteiger partial charge on any atom is 0.337 e. The molecule has 3 aliphatic heterocycles. The van der Waals surface area contributed by atoms with Crippen LogP contribution < -0.4 is 10.7 Å². The van der Waals surface area contributed by atoms with Gasteiger partial charge in [0.05, 0.1) is 18.8 Å². The first-order valence-electron chi connectivity index (χ1n) is 10.6. The van der Waals surface area contributed by atoms with Crippen molar-refractivity contribution < 1.29 is 18.8 Å². The van der Waals surface area contributed by atoms with Crippen molar-refractivity contribution in [2.45, 2.75) is 44.4 Å². The Bertz CT molecular complexity index is 1060. The number of fused-ring (bicyclic) bond motifs is 3. The van der Waals surface area contributed by atoms with Crippen LogP contribution in [0.4, 0.5) is 10.5 Å². The molecule has 1 aromatic carbocycles. The summed E-state index contributed by atoms with van der Waals surface area (Å²) in [6.45, 7) is 3.97. The molecule has 4 amide bonds. The first kappa shape index (κ1) is 20.9. The van der Waals surface area contributed by atoms with E-state index >= 15 is 0 Å². The highest BCUT2D eigenvalue weighted by atomic mass is 32.2. The fourth-order valence-corrected chi connectivity index (χ4v) is 5.88. The number of carbonyl (C=O) groups excluding carboxylic acids is 3. The van der Waals surface area contributed by atoms with Gasteiger partial charge in [0, 0.05) is 5.69 Å². The Balaban J connectivity index is 1.35. The van der Waals surface area contributed by atoms with Crippen LogP contribution in [-0.4, -0.2) is 62.5 Å². The van der Waals surface area contributed by atoms with Gasteiger partial charge < -0.3 is 9.73 Å². The molecular formula is C22H25N5O4S. The molecule has 4 heterocycles. The molecule has 3 atom stereocenters. The standard InChI is InChI=1S/C22H25N5O4S/c1-13-5-6-14(2)16(10-13)23-18(28)12-26-22(30)27-17-7-9-32-19(17)20(29)25(21(27)24-26)11-15-4-3-8-31-15/h3-6,8,10,17,19,21,24H,7,9,11-12H2,1-2H3,(H,23,28). The number of anilines is 1. The van der Waals surface area contributed by atoms with Crippen LogP contribution in [0.5, 0.6) is 0 Å². The number of hydrazine groups is 1. The van der Waals surface area contributed by atoms with Gasteiger partial charge >= 0.3 is 6.03 Å². The first-order chi connectivity index (χ1) is 15.4. The fraction of sp³-hybridized carbons (Fsp3) is 0.409. The zero-order valence-electron chi connectivity index (χ0n) is 17.9. The number of urea groups is 1. The van der Waals surface area contributed by atoms with Crippen molar-refractivity contribution in [1.29, 1.82) is 0 Å². The Morgan fingerprint density at radius 2 is 2.12 bits per heavy atom. The van der Waals surface area contributed by atoms with Gasteiger partial charge in [-0.25, -0.2) is 9.80 Å². The van der Waals surface area contributed by atoms with Crippen LogP contribution >= 0.6 is 11.8 Å². The smallest absolute Gasteiger partial charge is 0.337 e. The Kier molecular flexibility index (Phi) is 5.34. The van der Waals surface area contributed by atoms with E-state index in [2.05, 4.69) is 10.7 Å². The van der Waals surface area contributed by atoms with E-state index in [1.807, 2.05) is 32.0 Å². The highest BCUT2D eigenvalue weighted by Gasteiger charge is 2.56. The molecule has 3 unspecified atom stereocenters. The SMILES string of the molecule is Cc1ccc(C)c(NC(=O)CN2NC3N(Cc4ccco4)C(=O)C4SCCC4N3C2=O)c1. The van der Waals surface area contributed by atoms with Crippen molar-refractivity contribution in [3.8, 4) is 0 Å². The lowest BCUT2D eigenvalue weighted by Crippen LogP contribution is -2.65. The Morgan fingerprint density at radius 3 is 2.91 bits per heavy atom. The molecule has 0 bridgehead atoms. The maximum atomic E-state index is 13.3. The molecule has 10 heteroatoms. The zero-order chi connectivity index (χ0) is 22.4. The Labute approximate surface area is 190 Å². The van der Waals surface area contributed by atoms with E-state index in [1.54, 1.807) is 40.0 Å². The number of hydrogen-bond acceptors (Lipinski definition) is 6. The molecule has 5 rings (SSSR count). The zero-order valence-corrected chi connectivity index (χ0v) is 18.7. The van der Waals surface area contributed by atoms with Crippen LogP contribution in [0, 0.1) is 13.8 Å². The van der Waals surface area contributed by atoms with E-state index in [0.29, 0.717) is 5.76 Å². The summed E-state index contributed by atoms with van der Waals surface area (Å²) < 4.78 is 5.44. The number of amides is 4. The normalized spacial score (nSPS) is 24.7. The van der Waals surface area contributed by atoms with Crippen molar-refractivity contribution in [2.24, 2.45) is 0 Å². The molecule has 0 radical (unpaired) electrons. The minimum atomic E-state index is -0.645. The van der Waals surface area contributed by atoms with E-state index in [4.69, 9.17) is 4.42 Å². The van der Waals surface area contributed by atoms with E-state index < -0.39 is 6.29 Å². The average molecular weight is 456 g/mol. The molecule has 0 saturated carbocycles. The van der Waals surface area contributed by atoms with Gasteiger partial charge in [-0.2, -0.15) is 5.43 Å². The summed E-state index contributed by atoms with van der Waals surface area (Å²) in [4.78, 5) is 42.6. The summed E-state index contributed by atoms with van der Waals surface area (Å²) in [7, 11) is 0. The fourth-order valence-electron chi connectivity index (χ4n) is 4.48. The van der Waals surface area contributed by atoms with E-state index in [-0.39, 0.29) is 42.2 Å². The van der Waals surface area contributed by atoms with Crippen LogP contribution in [0.25, 0.3) is 0 Å². The number of rotatable bonds is 5. The van der Waals surface area contributed by atoms with Crippen molar-refractivity contribution >= 4 is 35.3 Å². The lowest BCUT2D eigenvalue weighted by Gasteiger charge is -2.43. The van der Waals surface area contributed by atoms with E-state index in [9.17, 15) is 14.4 Å². The molecule has 2 N–H and O–H groups in total. The van der Waals surface area contributed by atoms with Crippen LogP contribution in [0.3, 0.4) is 0 Å². The molecule has 0 spiro atoms. The number of carbonyl (C=O) groups is 3. The minimum Gasteiger partial charge on any atom is -0.467 e. The molecule has 3 fully saturated rings. The second kappa shape index (κ2) is 8.18. The van der Waals surface area contributed by atoms with Gasteiger partial charge in [-0.3, -0.25) is 19.4 Å². The van der Waals surface area contributed by atoms with Gasteiger partial charge in [0.2, 0.25) is 11.8 Å². The monoisotopic (exact) mass is 455 g/mol. The highest BCUT2D eigenvalue weighted by molar-refractivity contribution is 8.00. The first-order valence-corrected chi connectivity index (χ1v) is 11.6. The molecule has 9 nitrogen and oxygen atoms in total. The van der Waals surface area contributed by atoms with Crippen LogP contribution in [-0.2, 0) is 16.1 Å². The molecule has 168 valence electrons. The quantitative estimate of drug-likeness (QED) is 0.718. The summed E-state index contributed by atoms with van der Waals surface area (Å²) in [5.41, 5.74) is 5.80. The topological polar surface area (TPSA) is 98.1 Å². The minimum absolute atomic E-state index is 0.0165. The maximum absolute atomic E-state index is 13.3. The predicted molar refractivity (Wildman–Crippen MR) is 119 cm³/mol. The van der Waals surface area contributed by atoms with Crippen LogP contribution in [0.15, 0.2) is 41.0 Å². The average Bonchev–Trinajstić information content (AvgIpc) is 3.49. The van der Waals surface area contributed by atoms with E-state index in [0.717, 1.165) is 29.0 Å². The second-order valence-corrected chi connectivity index (χ2v) is 9.59. The Hall–Kier alpha value is -2.98. The number of benzene rings is 1. The summed E-state index contributed by atoms with van der Waals surface area (Å²) in [5, 5.41) is 3.90. The van der Waals surface area contributed by atoms with Gasteiger partial charge in [0.1, 0.15) is 17.6 Å². The number of nitrogens with one attached hydrogen (secondary N) is 2. The van der Waals surface area contributed by atoms with Crippen molar-refractivity contribution in [1.82, 2.24) is 20.2 Å². The largest absolute Gasteiger partial charge is 0.467 e. The number of hydrogen-bond donors (Lipinski definition) is 2. The third-order valence-corrected chi connectivity index (χ3v) is 7.45. The third-order valence-electron chi connectivity index (χ3n) is 6.10. The van der Waals surface area contributed by atoms with Crippen LogP contribution in [0.2, 0.25) is 0 Å². The third kappa shape index (κ3) is 3.63. The van der Waals surface area contributed by atoms with Gasteiger partial charge in [0.15, 0.2) is 6.29 Å². The highest BCUT2D eigenvalue weighted by Crippen LogP contribution is 2.39. The molecule has 32 heavy (non-hydrogen) atoms. The van der Waals surface area contributed by atoms with E-state index in [1.165, 1.54) is 5.01 Å². The number of nitrogens with zero attached hydrogens (tertiary/aromatic N) is 3. The number of thioether (sulfide) groups is 1. The van der Waals surface area contributed by atoms with Gasteiger partial charge in [-0.05, 0) is 55.3 Å². The molecule has 0 aliphatic carbocycles. The Morgan fingerprint density at radius 1 is 1.28 bits per heavy atom. The van der Waals surface area contributed by atoms with Crippen molar-refractivity contribution in [3.05, 3.63) is 53.5 Å². The summed E-state index contributed by atoms with van der Waals surface area (Å²) >= 11 is 1.58. The molecular weight excluding hydrogens is 430 g/mol. The lowest BCUT2D eigenvalue weighted by molar-refractivity contribution is -0.145. The molecule has 1 aromatic heterocycles. The van der Waals surface area contributed by atoms with Gasteiger partial charge in [0.25, 0.3) is 0 Å². The van der Waals surface area contributed by atoms with Gasteiger partial charge in [-0.1, -0.05) is 12.1 Å². The molecule has 2 aromatic rings. The molecule has 3 saturated heterocycles. The summed E-state index contributed by atoms with van der Waals surface area (Å²) in [6, 6.07) is 8.93. The van der Waals surface area contributed by atoms with Crippen molar-refractivity contribution in [2.75, 3.05) is 17.6 Å². The second-order valence-electron chi connectivity index (χ2n) is 8.34. The number of aryl methyl sites for hydroxylation is 2. The summed E-state index contributed by atoms with van der Waals surface area (Å²) in [6.07, 6.45) is 1.67.